The molecule has 4 aromatic rings. The van der Waals surface area contributed by atoms with E-state index in [0.29, 0.717) is 38.8 Å². The molecule has 0 spiro atoms. The lowest BCUT2D eigenvalue weighted by atomic mass is 10.0. The van der Waals surface area contributed by atoms with Crippen molar-refractivity contribution in [2.45, 2.75) is 121 Å². The summed E-state index contributed by atoms with van der Waals surface area (Å²) in [7, 11) is 0. The fourth-order valence-electron chi connectivity index (χ4n) is 7.78. The molecule has 12 nitrogen and oxygen atoms in total. The molecule has 2 heterocycles. The number of amides is 4. The van der Waals surface area contributed by atoms with Gasteiger partial charge in [0.05, 0.1) is 11.6 Å². The van der Waals surface area contributed by atoms with Crippen LogP contribution in [0.2, 0.25) is 0 Å². The minimum atomic E-state index is -1.24. The van der Waals surface area contributed by atoms with Crippen LogP contribution in [0.1, 0.15) is 94.0 Å². The largest absolute Gasteiger partial charge is 0.508 e. The fraction of sp³-hybridized carbons (Fsp3) is 0.467. The van der Waals surface area contributed by atoms with Crippen LogP contribution in [-0.2, 0) is 32.0 Å². The van der Waals surface area contributed by atoms with Gasteiger partial charge < -0.3 is 42.0 Å². The number of phenolic OH excluding ortho intramolecular Hbond substituents is 1. The lowest BCUT2D eigenvalue weighted by molar-refractivity contribution is -0.141. The molecule has 12 heteroatoms. The zero-order valence-corrected chi connectivity index (χ0v) is 33.5. The number of unbranched alkanes of at least 4 members (excludes halogenated alkanes) is 5. The zero-order valence-electron chi connectivity index (χ0n) is 33.5. The average Bonchev–Trinajstić information content (AvgIpc) is 3.84. The maximum atomic E-state index is 14.4. The van der Waals surface area contributed by atoms with Crippen molar-refractivity contribution in [1.29, 1.82) is 0 Å². The third kappa shape index (κ3) is 12.1. The molecule has 1 saturated heterocycles. The smallest absolute Gasteiger partial charge is 0.264 e. The first-order chi connectivity index (χ1) is 27.5. The number of benzene rings is 3. The molecule has 57 heavy (non-hydrogen) atoms. The van der Waals surface area contributed by atoms with Gasteiger partial charge in [0, 0.05) is 30.7 Å². The van der Waals surface area contributed by atoms with Gasteiger partial charge in [-0.05, 0) is 80.3 Å². The van der Waals surface area contributed by atoms with Crippen LogP contribution in [0, 0.1) is 6.92 Å². The Morgan fingerprint density at radius 3 is 2.28 bits per heavy atom. The van der Waals surface area contributed by atoms with Gasteiger partial charge in [-0.3, -0.25) is 19.2 Å². The molecule has 5 unspecified atom stereocenters. The first kappa shape index (κ1) is 42.9. The minimum absolute atomic E-state index is 0.134. The molecule has 306 valence electrons. The summed E-state index contributed by atoms with van der Waals surface area (Å²) in [5.41, 5.74) is 15.8. The molecule has 3 aromatic carbocycles. The number of nitrogens with two attached hydrogens (primary N) is 2. The van der Waals surface area contributed by atoms with Crippen molar-refractivity contribution >= 4 is 34.5 Å². The summed E-state index contributed by atoms with van der Waals surface area (Å²) in [6, 6.07) is 21.3. The number of carbonyl (C=O) groups is 4. The third-order valence-electron chi connectivity index (χ3n) is 11.0. The second kappa shape index (κ2) is 21.4. The van der Waals surface area contributed by atoms with Crippen LogP contribution in [0.25, 0.3) is 10.9 Å². The molecular formula is C45H61N7O5. The molecule has 1 aliphatic heterocycles. The summed E-state index contributed by atoms with van der Waals surface area (Å²) in [6.07, 6.45) is 10.6. The van der Waals surface area contributed by atoms with E-state index in [2.05, 4.69) is 22.9 Å². The van der Waals surface area contributed by atoms with E-state index in [0.717, 1.165) is 46.9 Å². The molecular weight excluding hydrogens is 719 g/mol. The normalized spacial score (nSPS) is 16.2. The van der Waals surface area contributed by atoms with Gasteiger partial charge in [-0.2, -0.15) is 0 Å². The summed E-state index contributed by atoms with van der Waals surface area (Å²) in [5.74, 6) is -1.84. The van der Waals surface area contributed by atoms with Crippen LogP contribution in [0.4, 0.5) is 0 Å². The molecule has 8 N–H and O–H groups in total. The standard InChI is InChI=1S/C45H61N7O5/c1-3-4-5-6-7-11-17-34(46)29-48-38(28-33-21-24-35(53)25-22-33)45(57)51-27-14-20-40(51)43(55)50-42(52-30-31(2)36-18-12-13-19-39(36)52)44(56)49-37(41(47)54)26-23-32-15-9-8-10-16-32/h8-10,12-13,15-16,18-19,21-22,24-25,30,34,37-38,40,42,48,53H,3-7,11,14,17,20,23,26-29,46H2,1-2H3,(H2,47,54)(H,49,56)(H,50,55). The maximum Gasteiger partial charge on any atom is 0.264 e. The summed E-state index contributed by atoms with van der Waals surface area (Å²) >= 11 is 0. The van der Waals surface area contributed by atoms with Gasteiger partial charge in [-0.1, -0.05) is 106 Å². The highest BCUT2D eigenvalue weighted by Gasteiger charge is 2.39. The highest BCUT2D eigenvalue weighted by atomic mass is 16.3. The number of likely N-dealkylation sites (tertiary alicyclic amines) is 1. The second-order valence-electron chi connectivity index (χ2n) is 15.5. The number of rotatable bonds is 22. The number of hydrogen-bond donors (Lipinski definition) is 6. The Morgan fingerprint density at radius 2 is 1.54 bits per heavy atom. The molecule has 5 rings (SSSR count). The lowest BCUT2D eigenvalue weighted by Gasteiger charge is -2.31. The van der Waals surface area contributed by atoms with Crippen molar-refractivity contribution < 1.29 is 24.3 Å². The highest BCUT2D eigenvalue weighted by molar-refractivity contribution is 5.95. The number of primary amides is 1. The number of aromatic hydroxyl groups is 1. The topological polar surface area (TPSA) is 185 Å². The van der Waals surface area contributed by atoms with Crippen LogP contribution in [0.15, 0.2) is 85.1 Å². The molecule has 0 radical (unpaired) electrons. The maximum absolute atomic E-state index is 14.4. The SMILES string of the molecule is CCCCCCCCC(N)CNC(Cc1ccc(O)cc1)C(=O)N1CCCC1C(=O)NC(C(=O)NC(CCc1ccccc1)C(N)=O)n1cc(C)c2ccccc21. The van der Waals surface area contributed by atoms with Gasteiger partial charge in [-0.15, -0.1) is 0 Å². The molecule has 4 amide bonds. The molecule has 0 aliphatic carbocycles. The Labute approximate surface area is 336 Å². The number of carbonyl (C=O) groups excluding carboxylic acids is 4. The molecule has 0 saturated carbocycles. The number of aromatic nitrogens is 1. The monoisotopic (exact) mass is 779 g/mol. The van der Waals surface area contributed by atoms with Gasteiger partial charge >= 0.3 is 0 Å². The van der Waals surface area contributed by atoms with E-state index in [-0.39, 0.29) is 24.1 Å². The Morgan fingerprint density at radius 1 is 0.842 bits per heavy atom. The third-order valence-corrected chi connectivity index (χ3v) is 11.0. The van der Waals surface area contributed by atoms with E-state index in [1.807, 2.05) is 67.7 Å². The first-order valence-corrected chi connectivity index (χ1v) is 20.6. The first-order valence-electron chi connectivity index (χ1n) is 20.6. The van der Waals surface area contributed by atoms with E-state index in [9.17, 15) is 24.3 Å². The van der Waals surface area contributed by atoms with Crippen LogP contribution < -0.4 is 27.4 Å². The number of aryl methyl sites for hydroxylation is 2. The molecule has 0 bridgehead atoms. The van der Waals surface area contributed by atoms with E-state index in [1.165, 1.54) is 25.7 Å². The van der Waals surface area contributed by atoms with Gasteiger partial charge in [0.2, 0.25) is 17.7 Å². The van der Waals surface area contributed by atoms with Crippen molar-refractivity contribution in [3.63, 3.8) is 0 Å². The Kier molecular flexibility index (Phi) is 16.1. The number of para-hydroxylation sites is 1. The van der Waals surface area contributed by atoms with E-state index in [4.69, 9.17) is 11.5 Å². The molecule has 5 atom stereocenters. The van der Waals surface area contributed by atoms with E-state index < -0.39 is 42.0 Å². The number of phenols is 1. The Hall–Kier alpha value is -5.20. The Balaban J connectivity index is 1.33. The zero-order chi connectivity index (χ0) is 40.7. The van der Waals surface area contributed by atoms with Crippen molar-refractivity contribution in [2.75, 3.05) is 13.1 Å². The van der Waals surface area contributed by atoms with Crippen LogP contribution in [-0.4, -0.2) is 75.5 Å². The number of nitrogens with one attached hydrogen (secondary N) is 3. The van der Waals surface area contributed by atoms with Crippen molar-refractivity contribution in [2.24, 2.45) is 11.5 Å². The molecule has 1 fully saturated rings. The van der Waals surface area contributed by atoms with Gasteiger partial charge in [0.25, 0.3) is 5.91 Å². The number of nitrogens with zero attached hydrogens (tertiary/aromatic N) is 2. The number of hydrogen-bond acceptors (Lipinski definition) is 7. The number of fused-ring (bicyclic) bond motifs is 1. The average molecular weight is 780 g/mol. The predicted octanol–water partition coefficient (Wildman–Crippen LogP) is 5.14. The fourth-order valence-corrected chi connectivity index (χ4v) is 7.78. The van der Waals surface area contributed by atoms with E-state index in [1.54, 1.807) is 33.7 Å². The van der Waals surface area contributed by atoms with Gasteiger partial charge in [0.15, 0.2) is 6.17 Å². The second-order valence-corrected chi connectivity index (χ2v) is 15.5. The summed E-state index contributed by atoms with van der Waals surface area (Å²) in [5, 5.41) is 20.0. The van der Waals surface area contributed by atoms with Crippen LogP contribution in [0.5, 0.6) is 5.75 Å². The molecule has 1 aromatic heterocycles. The van der Waals surface area contributed by atoms with Crippen molar-refractivity contribution in [1.82, 2.24) is 25.4 Å². The lowest BCUT2D eigenvalue weighted by Crippen LogP contribution is -2.56. The molecule has 1 aliphatic rings. The highest BCUT2D eigenvalue weighted by Crippen LogP contribution is 2.26. The van der Waals surface area contributed by atoms with E-state index >= 15 is 0 Å². The van der Waals surface area contributed by atoms with Gasteiger partial charge in [-0.25, -0.2) is 0 Å². The summed E-state index contributed by atoms with van der Waals surface area (Å²) in [6.45, 7) is 4.94. The Bertz CT molecular complexity index is 1910. The quantitative estimate of drug-likeness (QED) is 0.0597. The van der Waals surface area contributed by atoms with Crippen LogP contribution >= 0.6 is 0 Å². The predicted molar refractivity (Wildman–Crippen MR) is 224 cm³/mol. The van der Waals surface area contributed by atoms with Crippen molar-refractivity contribution in [3.05, 3.63) is 102 Å². The van der Waals surface area contributed by atoms with Crippen LogP contribution in [0.3, 0.4) is 0 Å². The minimum Gasteiger partial charge on any atom is -0.508 e. The summed E-state index contributed by atoms with van der Waals surface area (Å²) < 4.78 is 1.70. The van der Waals surface area contributed by atoms with Gasteiger partial charge in [0.1, 0.15) is 17.8 Å². The summed E-state index contributed by atoms with van der Waals surface area (Å²) in [4.78, 5) is 57.3. The van der Waals surface area contributed by atoms with Crippen molar-refractivity contribution in [3.8, 4) is 5.75 Å².